The lowest BCUT2D eigenvalue weighted by molar-refractivity contribution is -0.0499. The molecule has 1 saturated heterocycles. The zero-order chi connectivity index (χ0) is 28.2. The van der Waals surface area contributed by atoms with E-state index >= 15 is 4.39 Å². The van der Waals surface area contributed by atoms with Gasteiger partial charge in [0.25, 0.3) is 5.56 Å². The summed E-state index contributed by atoms with van der Waals surface area (Å²) in [7, 11) is -6.09. The number of amides is 1. The van der Waals surface area contributed by atoms with Gasteiger partial charge >= 0.3 is 21.7 Å². The van der Waals surface area contributed by atoms with Crippen LogP contribution in [0.25, 0.3) is 10.9 Å². The molecule has 1 aliphatic carbocycles. The molecule has 1 amide bonds. The minimum absolute atomic E-state index is 0.0331. The summed E-state index contributed by atoms with van der Waals surface area (Å²) in [5, 5.41) is 2.46. The lowest BCUT2D eigenvalue weighted by Gasteiger charge is -2.25. The van der Waals surface area contributed by atoms with Gasteiger partial charge in [0.2, 0.25) is 0 Å². The molecular formula is C24H29F4N3O6S. The molecule has 1 saturated carbocycles. The van der Waals surface area contributed by atoms with Gasteiger partial charge in [-0.1, -0.05) is 0 Å². The number of aromatic nitrogens is 1. The monoisotopic (exact) mass is 563 g/mol. The first-order valence-corrected chi connectivity index (χ1v) is 13.5. The molecule has 4 rings (SSSR count). The Balaban J connectivity index is 1.69. The number of alkyl carbamates (subject to hydrolysis) is 1. The van der Waals surface area contributed by atoms with E-state index in [4.69, 9.17) is 4.74 Å². The third kappa shape index (κ3) is 5.69. The summed E-state index contributed by atoms with van der Waals surface area (Å²) in [5.41, 5.74) is -6.57. The smallest absolute Gasteiger partial charge is 0.444 e. The molecule has 210 valence electrons. The predicted molar refractivity (Wildman–Crippen MR) is 131 cm³/mol. The van der Waals surface area contributed by atoms with Gasteiger partial charge in [-0.25, -0.2) is 9.18 Å². The van der Waals surface area contributed by atoms with Crippen molar-refractivity contribution in [2.75, 3.05) is 24.5 Å². The van der Waals surface area contributed by atoms with Crippen molar-refractivity contribution in [2.45, 2.75) is 64.1 Å². The van der Waals surface area contributed by atoms with Crippen LogP contribution in [-0.4, -0.2) is 49.8 Å². The number of carbonyl (C=O) groups is 1. The Morgan fingerprint density at radius 1 is 1.16 bits per heavy atom. The number of anilines is 1. The molecule has 0 radical (unpaired) electrons. The van der Waals surface area contributed by atoms with E-state index in [0.717, 1.165) is 6.07 Å². The Labute approximate surface area is 216 Å². The number of nitrogens with one attached hydrogen (secondary N) is 1. The molecule has 14 heteroatoms. The number of hydrogen-bond acceptors (Lipinski definition) is 7. The first kappa shape index (κ1) is 28.0. The molecule has 1 atom stereocenters. The van der Waals surface area contributed by atoms with Gasteiger partial charge in [0, 0.05) is 37.1 Å². The van der Waals surface area contributed by atoms with Crippen LogP contribution in [0.2, 0.25) is 0 Å². The van der Waals surface area contributed by atoms with E-state index in [1.54, 1.807) is 25.7 Å². The number of ether oxygens (including phenoxy) is 1. The molecule has 0 spiro atoms. The average molecular weight is 564 g/mol. The molecule has 9 nitrogen and oxygen atoms in total. The number of aryl methyl sites for hydroxylation is 1. The van der Waals surface area contributed by atoms with Gasteiger partial charge in [-0.3, -0.25) is 4.79 Å². The van der Waals surface area contributed by atoms with Crippen LogP contribution >= 0.6 is 0 Å². The Bertz CT molecular complexity index is 1430. The SMILES string of the molecule is Cc1c(N2CC[C@H](CNC(=O)OC(C)(C)C)C2)c(F)cc2c(OS(=O)(=O)C(F)(F)F)cc(=O)n(C3CC3)c12. The molecule has 0 bridgehead atoms. The Morgan fingerprint density at radius 2 is 1.82 bits per heavy atom. The molecule has 1 N–H and O–H groups in total. The highest BCUT2D eigenvalue weighted by atomic mass is 32.2. The van der Waals surface area contributed by atoms with Gasteiger partial charge in [0.1, 0.15) is 11.4 Å². The fourth-order valence-electron chi connectivity index (χ4n) is 4.69. The van der Waals surface area contributed by atoms with E-state index in [-0.39, 0.29) is 34.1 Å². The van der Waals surface area contributed by atoms with E-state index in [2.05, 4.69) is 9.50 Å². The van der Waals surface area contributed by atoms with Crippen molar-refractivity contribution in [3.8, 4) is 5.75 Å². The topological polar surface area (TPSA) is 107 Å². The van der Waals surface area contributed by atoms with E-state index in [1.807, 2.05) is 0 Å². The van der Waals surface area contributed by atoms with Gasteiger partial charge in [-0.05, 0) is 64.5 Å². The summed E-state index contributed by atoms with van der Waals surface area (Å²) in [5.74, 6) is -1.71. The lowest BCUT2D eigenvalue weighted by Crippen LogP contribution is -2.36. The fourth-order valence-corrected chi connectivity index (χ4v) is 5.16. The number of nitrogens with zero attached hydrogens (tertiary/aromatic N) is 2. The minimum atomic E-state index is -6.09. The number of halogens is 4. The summed E-state index contributed by atoms with van der Waals surface area (Å²) in [6, 6.07) is 1.32. The third-order valence-electron chi connectivity index (χ3n) is 6.39. The maximum absolute atomic E-state index is 15.5. The van der Waals surface area contributed by atoms with Crippen LogP contribution in [0.15, 0.2) is 16.9 Å². The molecular weight excluding hydrogens is 534 g/mol. The quantitative estimate of drug-likeness (QED) is 0.316. The Kier molecular flexibility index (Phi) is 7.08. The van der Waals surface area contributed by atoms with Crippen molar-refractivity contribution in [2.24, 2.45) is 5.92 Å². The molecule has 1 aromatic carbocycles. The van der Waals surface area contributed by atoms with Crippen LogP contribution in [0.3, 0.4) is 0 Å². The maximum atomic E-state index is 15.5. The average Bonchev–Trinajstić information content (AvgIpc) is 3.48. The molecule has 38 heavy (non-hydrogen) atoms. The van der Waals surface area contributed by atoms with Crippen LogP contribution < -0.4 is 20.0 Å². The Morgan fingerprint density at radius 3 is 2.39 bits per heavy atom. The Hall–Kier alpha value is -3.03. The number of rotatable bonds is 6. The van der Waals surface area contributed by atoms with Crippen LogP contribution in [-0.2, 0) is 14.9 Å². The fraction of sp³-hybridized carbons (Fsp3) is 0.583. The van der Waals surface area contributed by atoms with Gasteiger partial charge in [-0.2, -0.15) is 21.6 Å². The molecule has 1 aromatic heterocycles. The van der Waals surface area contributed by atoms with Crippen LogP contribution in [0.1, 0.15) is 51.6 Å². The molecule has 2 fully saturated rings. The molecule has 1 aliphatic heterocycles. The summed E-state index contributed by atoms with van der Waals surface area (Å²) in [6.45, 7) is 7.84. The standard InChI is InChI=1S/C24H29F4N3O6S/c1-13-20-16(18(37-38(34,35)24(26,27)28)10-19(32)31(20)15-5-6-15)9-17(25)21(13)30-8-7-14(12-30)11-29-22(33)36-23(2,3)4/h9-10,14-15H,5-8,11-12H2,1-4H3,(H,29,33)/t14-/m1/s1. The number of alkyl halides is 3. The summed E-state index contributed by atoms with van der Waals surface area (Å²) < 4.78 is 88.7. The highest BCUT2D eigenvalue weighted by Crippen LogP contribution is 2.43. The van der Waals surface area contributed by atoms with Crippen molar-refractivity contribution < 1.29 is 39.7 Å². The van der Waals surface area contributed by atoms with Crippen LogP contribution in [0.5, 0.6) is 5.75 Å². The van der Waals surface area contributed by atoms with Gasteiger partial charge in [-0.15, -0.1) is 0 Å². The van der Waals surface area contributed by atoms with Crippen molar-refractivity contribution in [3.63, 3.8) is 0 Å². The zero-order valence-electron chi connectivity index (χ0n) is 21.3. The zero-order valence-corrected chi connectivity index (χ0v) is 22.1. The van der Waals surface area contributed by atoms with Crippen molar-refractivity contribution in [1.29, 1.82) is 0 Å². The highest BCUT2D eigenvalue weighted by Gasteiger charge is 2.49. The van der Waals surface area contributed by atoms with E-state index < -0.39 is 44.4 Å². The number of benzene rings is 1. The van der Waals surface area contributed by atoms with Crippen molar-refractivity contribution in [3.05, 3.63) is 33.9 Å². The third-order valence-corrected chi connectivity index (χ3v) is 7.36. The number of pyridine rings is 1. The molecule has 2 aliphatic rings. The summed E-state index contributed by atoms with van der Waals surface area (Å²) >= 11 is 0. The molecule has 2 heterocycles. The van der Waals surface area contributed by atoms with Crippen molar-refractivity contribution in [1.82, 2.24) is 9.88 Å². The first-order chi connectivity index (χ1) is 17.5. The molecule has 2 aromatic rings. The predicted octanol–water partition coefficient (Wildman–Crippen LogP) is 4.36. The second-order valence-corrected chi connectivity index (χ2v) is 12.2. The number of hydrogen-bond donors (Lipinski definition) is 1. The summed E-state index contributed by atoms with van der Waals surface area (Å²) in [6.07, 6.45) is 1.34. The van der Waals surface area contributed by atoms with E-state index in [9.17, 15) is 31.2 Å². The second kappa shape index (κ2) is 9.62. The number of fused-ring (bicyclic) bond motifs is 1. The number of carbonyl (C=O) groups excluding carboxylic acids is 1. The van der Waals surface area contributed by atoms with Gasteiger partial charge < -0.3 is 23.7 Å². The lowest BCUT2D eigenvalue weighted by atomic mass is 10.1. The highest BCUT2D eigenvalue weighted by molar-refractivity contribution is 7.88. The van der Waals surface area contributed by atoms with Crippen LogP contribution in [0.4, 0.5) is 28.0 Å². The minimum Gasteiger partial charge on any atom is -0.444 e. The van der Waals surface area contributed by atoms with E-state index in [1.165, 1.54) is 11.5 Å². The van der Waals surface area contributed by atoms with Crippen LogP contribution in [0, 0.1) is 18.7 Å². The summed E-state index contributed by atoms with van der Waals surface area (Å²) in [4.78, 5) is 26.6. The largest absolute Gasteiger partial charge is 0.534 e. The maximum Gasteiger partial charge on any atom is 0.534 e. The normalized spacial score (nSPS) is 18.6. The van der Waals surface area contributed by atoms with Crippen molar-refractivity contribution >= 4 is 32.8 Å². The first-order valence-electron chi connectivity index (χ1n) is 12.1. The van der Waals surface area contributed by atoms with Gasteiger partial charge in [0.05, 0.1) is 11.2 Å². The molecule has 0 unspecified atom stereocenters. The van der Waals surface area contributed by atoms with Gasteiger partial charge in [0.15, 0.2) is 5.75 Å². The second-order valence-electron chi connectivity index (χ2n) is 10.6. The van der Waals surface area contributed by atoms with E-state index in [0.29, 0.717) is 45.0 Å².